The van der Waals surface area contributed by atoms with Gasteiger partial charge in [-0.3, -0.25) is 9.59 Å². The van der Waals surface area contributed by atoms with Crippen LogP contribution in [0.3, 0.4) is 0 Å². The van der Waals surface area contributed by atoms with Crippen LogP contribution in [0, 0.1) is 5.92 Å². The van der Waals surface area contributed by atoms with E-state index in [4.69, 9.17) is 0 Å². The Morgan fingerprint density at radius 1 is 1.27 bits per heavy atom. The van der Waals surface area contributed by atoms with Gasteiger partial charge >= 0.3 is 0 Å². The fraction of sp³-hybridized carbons (Fsp3) is 0.818. The number of likely N-dealkylation sites (N-methyl/N-ethyl adjacent to an activating group) is 1. The van der Waals surface area contributed by atoms with Gasteiger partial charge in [0.15, 0.2) is 0 Å². The number of nitrogens with one attached hydrogen (secondary N) is 1. The maximum atomic E-state index is 11.4. The predicted molar refractivity (Wildman–Crippen MR) is 60.4 cm³/mol. The molecule has 0 radical (unpaired) electrons. The Balaban J connectivity index is 3.96. The van der Waals surface area contributed by atoms with Crippen molar-refractivity contribution >= 4 is 11.8 Å². The topological polar surface area (TPSA) is 49.4 Å². The molecule has 0 rings (SSSR count). The van der Waals surface area contributed by atoms with E-state index in [0.29, 0.717) is 25.4 Å². The van der Waals surface area contributed by atoms with Crippen LogP contribution in [0.15, 0.2) is 0 Å². The van der Waals surface area contributed by atoms with Crippen molar-refractivity contribution in [2.45, 2.75) is 34.1 Å². The van der Waals surface area contributed by atoms with E-state index in [9.17, 15) is 9.59 Å². The number of rotatable bonds is 6. The van der Waals surface area contributed by atoms with E-state index in [-0.39, 0.29) is 18.4 Å². The van der Waals surface area contributed by atoms with Crippen molar-refractivity contribution in [1.29, 1.82) is 0 Å². The summed E-state index contributed by atoms with van der Waals surface area (Å²) < 4.78 is 0. The van der Waals surface area contributed by atoms with Crippen LogP contribution in [0.25, 0.3) is 0 Å². The Hall–Kier alpha value is -1.06. The molecule has 0 atom stereocenters. The number of carbonyl (C=O) groups excluding carboxylic acids is 2. The first-order valence-corrected chi connectivity index (χ1v) is 5.55. The van der Waals surface area contributed by atoms with Crippen LogP contribution >= 0.6 is 0 Å². The first-order chi connectivity index (χ1) is 7.01. The molecular weight excluding hydrogens is 192 g/mol. The van der Waals surface area contributed by atoms with Gasteiger partial charge < -0.3 is 10.2 Å². The second-order valence-electron chi connectivity index (χ2n) is 3.96. The zero-order valence-corrected chi connectivity index (χ0v) is 10.2. The zero-order chi connectivity index (χ0) is 11.8. The van der Waals surface area contributed by atoms with Crippen molar-refractivity contribution in [2.24, 2.45) is 5.92 Å². The monoisotopic (exact) mass is 214 g/mol. The summed E-state index contributed by atoms with van der Waals surface area (Å²) in [6, 6.07) is 0. The molecule has 0 spiro atoms. The van der Waals surface area contributed by atoms with Crippen molar-refractivity contribution in [1.82, 2.24) is 10.2 Å². The number of carbonyl (C=O) groups is 2. The van der Waals surface area contributed by atoms with Gasteiger partial charge in [0, 0.05) is 19.5 Å². The molecule has 0 aliphatic carbocycles. The van der Waals surface area contributed by atoms with Gasteiger partial charge in [0.2, 0.25) is 11.8 Å². The van der Waals surface area contributed by atoms with E-state index < -0.39 is 0 Å². The quantitative estimate of drug-likeness (QED) is 0.717. The van der Waals surface area contributed by atoms with Crippen molar-refractivity contribution in [2.75, 3.05) is 19.6 Å². The molecule has 0 fully saturated rings. The van der Waals surface area contributed by atoms with Crippen LogP contribution in [0.2, 0.25) is 0 Å². The third-order valence-corrected chi connectivity index (χ3v) is 2.08. The van der Waals surface area contributed by atoms with E-state index >= 15 is 0 Å². The average Bonchev–Trinajstić information content (AvgIpc) is 2.21. The molecule has 0 aromatic rings. The van der Waals surface area contributed by atoms with Gasteiger partial charge in [0.1, 0.15) is 0 Å². The van der Waals surface area contributed by atoms with Crippen LogP contribution in [0.5, 0.6) is 0 Å². The standard InChI is InChI=1S/C11H22N2O2/c1-5-11(15)13(6-2)8-10(14)12-7-9(3)4/h9H,5-8H2,1-4H3,(H,12,14). The number of hydrogen-bond acceptors (Lipinski definition) is 2. The summed E-state index contributed by atoms with van der Waals surface area (Å²) >= 11 is 0. The minimum Gasteiger partial charge on any atom is -0.354 e. The Bertz CT molecular complexity index is 215. The van der Waals surface area contributed by atoms with Gasteiger partial charge in [-0.1, -0.05) is 20.8 Å². The number of amides is 2. The molecule has 0 aromatic carbocycles. The lowest BCUT2D eigenvalue weighted by molar-refractivity contribution is -0.135. The lowest BCUT2D eigenvalue weighted by Crippen LogP contribution is -2.41. The van der Waals surface area contributed by atoms with Crippen molar-refractivity contribution < 1.29 is 9.59 Å². The minimum atomic E-state index is -0.0765. The van der Waals surface area contributed by atoms with Crippen LogP contribution in [-0.4, -0.2) is 36.3 Å². The summed E-state index contributed by atoms with van der Waals surface area (Å²) in [5, 5.41) is 2.79. The largest absolute Gasteiger partial charge is 0.354 e. The Labute approximate surface area is 92.0 Å². The highest BCUT2D eigenvalue weighted by Gasteiger charge is 2.13. The Kier molecular flexibility index (Phi) is 6.75. The van der Waals surface area contributed by atoms with E-state index in [1.807, 2.05) is 20.8 Å². The Morgan fingerprint density at radius 3 is 2.27 bits per heavy atom. The SMILES string of the molecule is CCC(=O)N(CC)CC(=O)NCC(C)C. The first kappa shape index (κ1) is 13.9. The fourth-order valence-electron chi connectivity index (χ4n) is 1.15. The predicted octanol–water partition coefficient (Wildman–Crippen LogP) is 1.02. The second kappa shape index (κ2) is 7.26. The van der Waals surface area contributed by atoms with E-state index in [0.717, 1.165) is 0 Å². The molecular formula is C11H22N2O2. The van der Waals surface area contributed by atoms with Gasteiger partial charge in [-0.05, 0) is 12.8 Å². The molecule has 4 heteroatoms. The number of nitrogens with zero attached hydrogens (tertiary/aromatic N) is 1. The van der Waals surface area contributed by atoms with Crippen molar-refractivity contribution in [3.05, 3.63) is 0 Å². The van der Waals surface area contributed by atoms with Gasteiger partial charge in [0.05, 0.1) is 6.54 Å². The zero-order valence-electron chi connectivity index (χ0n) is 10.2. The average molecular weight is 214 g/mol. The first-order valence-electron chi connectivity index (χ1n) is 5.55. The lowest BCUT2D eigenvalue weighted by atomic mass is 10.2. The van der Waals surface area contributed by atoms with Crippen molar-refractivity contribution in [3.63, 3.8) is 0 Å². The van der Waals surface area contributed by atoms with Crippen molar-refractivity contribution in [3.8, 4) is 0 Å². The van der Waals surface area contributed by atoms with Gasteiger partial charge in [0.25, 0.3) is 0 Å². The maximum absolute atomic E-state index is 11.4. The minimum absolute atomic E-state index is 0.0252. The molecule has 0 saturated heterocycles. The van der Waals surface area contributed by atoms with E-state index in [2.05, 4.69) is 5.32 Å². The molecule has 2 amide bonds. The molecule has 4 nitrogen and oxygen atoms in total. The van der Waals surface area contributed by atoms with Gasteiger partial charge in [-0.2, -0.15) is 0 Å². The summed E-state index contributed by atoms with van der Waals surface area (Å²) in [4.78, 5) is 24.4. The second-order valence-corrected chi connectivity index (χ2v) is 3.96. The molecule has 0 aliphatic rings. The summed E-state index contributed by atoms with van der Waals surface area (Å²) in [5.41, 5.74) is 0. The molecule has 1 N–H and O–H groups in total. The smallest absolute Gasteiger partial charge is 0.239 e. The lowest BCUT2D eigenvalue weighted by Gasteiger charge is -2.19. The summed E-state index contributed by atoms with van der Waals surface area (Å²) in [7, 11) is 0. The van der Waals surface area contributed by atoms with Crippen LogP contribution in [0.1, 0.15) is 34.1 Å². The Morgan fingerprint density at radius 2 is 1.87 bits per heavy atom. The highest BCUT2D eigenvalue weighted by Crippen LogP contribution is 1.94. The molecule has 0 saturated carbocycles. The van der Waals surface area contributed by atoms with Crippen LogP contribution in [-0.2, 0) is 9.59 Å². The normalized spacial score (nSPS) is 10.2. The third-order valence-electron chi connectivity index (χ3n) is 2.08. The molecule has 0 heterocycles. The molecule has 0 unspecified atom stereocenters. The van der Waals surface area contributed by atoms with E-state index in [1.54, 1.807) is 11.8 Å². The molecule has 0 bridgehead atoms. The fourth-order valence-corrected chi connectivity index (χ4v) is 1.15. The molecule has 0 aliphatic heterocycles. The van der Waals surface area contributed by atoms with Crippen LogP contribution < -0.4 is 5.32 Å². The highest BCUT2D eigenvalue weighted by atomic mass is 16.2. The molecule has 88 valence electrons. The highest BCUT2D eigenvalue weighted by molar-refractivity contribution is 5.84. The molecule has 0 aromatic heterocycles. The number of hydrogen-bond donors (Lipinski definition) is 1. The third kappa shape index (κ3) is 6.10. The van der Waals surface area contributed by atoms with Gasteiger partial charge in [-0.25, -0.2) is 0 Å². The van der Waals surface area contributed by atoms with E-state index in [1.165, 1.54) is 0 Å². The summed E-state index contributed by atoms with van der Waals surface area (Å²) in [5.74, 6) is 0.385. The maximum Gasteiger partial charge on any atom is 0.239 e. The van der Waals surface area contributed by atoms with Gasteiger partial charge in [-0.15, -0.1) is 0 Å². The summed E-state index contributed by atoms with van der Waals surface area (Å²) in [6.45, 7) is 9.18. The van der Waals surface area contributed by atoms with Crippen LogP contribution in [0.4, 0.5) is 0 Å². The molecule has 15 heavy (non-hydrogen) atoms. The summed E-state index contributed by atoms with van der Waals surface area (Å²) in [6.07, 6.45) is 0.450.